The number of ketones is 1. The first-order chi connectivity index (χ1) is 12.2. The third-order valence-corrected chi connectivity index (χ3v) is 8.39. The molecule has 4 aliphatic rings. The number of carbonyl (C=O) groups is 1. The monoisotopic (exact) mass is 400 g/mol. The Kier molecular flexibility index (Phi) is 5.80. The minimum absolute atomic E-state index is 0. The van der Waals surface area contributed by atoms with Gasteiger partial charge in [0.05, 0.1) is 0 Å². The molecule has 0 aromatic rings. The van der Waals surface area contributed by atoms with Crippen LogP contribution in [0.15, 0.2) is 11.6 Å². The van der Waals surface area contributed by atoms with Crippen LogP contribution in [0.25, 0.3) is 0 Å². The van der Waals surface area contributed by atoms with Gasteiger partial charge in [-0.25, -0.2) is 8.42 Å². The Morgan fingerprint density at radius 2 is 1.93 bits per heavy atom. The minimum Gasteiger partial charge on any atom is -0.725 e. The standard InChI is InChI=1S/C20H26O5S.Na/c1-3-20(25-26(22,23)24)11-9-18-17-6-4-13-12-14(21)5-7-15(13)16(17)8-10-19(18,20)2;/h1,12,15-18H,4-11H2,2H3,(H,22,23,24);/q;+1/p-1/t15-,16+,17+,18-,19-,20-;/m0./s1. The van der Waals surface area contributed by atoms with E-state index in [-0.39, 0.29) is 41.3 Å². The molecule has 4 aliphatic carbocycles. The summed E-state index contributed by atoms with van der Waals surface area (Å²) >= 11 is 0. The molecule has 0 bridgehead atoms. The molecule has 0 aliphatic heterocycles. The van der Waals surface area contributed by atoms with Crippen LogP contribution in [0.5, 0.6) is 0 Å². The van der Waals surface area contributed by atoms with Gasteiger partial charge in [-0.3, -0.25) is 8.98 Å². The molecule has 0 radical (unpaired) electrons. The third kappa shape index (κ3) is 3.39. The van der Waals surface area contributed by atoms with Crippen LogP contribution in [0.2, 0.25) is 0 Å². The summed E-state index contributed by atoms with van der Waals surface area (Å²) in [5, 5.41) is 0. The molecule has 6 atom stereocenters. The molecule has 0 saturated heterocycles. The molecule has 3 fully saturated rings. The van der Waals surface area contributed by atoms with Crippen molar-refractivity contribution in [2.75, 3.05) is 0 Å². The van der Waals surface area contributed by atoms with E-state index in [9.17, 15) is 17.8 Å². The van der Waals surface area contributed by atoms with Crippen LogP contribution in [-0.2, 0) is 19.4 Å². The average Bonchev–Trinajstić information content (AvgIpc) is 2.86. The molecule has 0 spiro atoms. The molecular weight excluding hydrogens is 375 g/mol. The molecule has 4 rings (SSSR count). The molecule has 7 heteroatoms. The Hall–Kier alpha value is -0.160. The van der Waals surface area contributed by atoms with Crippen molar-refractivity contribution in [1.82, 2.24) is 0 Å². The first-order valence-corrected chi connectivity index (χ1v) is 10.9. The molecule has 0 unspecified atom stereocenters. The Bertz CT molecular complexity index is 813. The van der Waals surface area contributed by atoms with E-state index in [0.717, 1.165) is 38.5 Å². The summed E-state index contributed by atoms with van der Waals surface area (Å²) in [6.07, 6.45) is 14.0. The van der Waals surface area contributed by atoms with E-state index in [2.05, 4.69) is 5.92 Å². The summed E-state index contributed by atoms with van der Waals surface area (Å²) in [7, 11) is -4.86. The van der Waals surface area contributed by atoms with Crippen LogP contribution < -0.4 is 29.6 Å². The maximum Gasteiger partial charge on any atom is 1.00 e. The van der Waals surface area contributed by atoms with Crippen LogP contribution in [0, 0.1) is 41.4 Å². The number of rotatable bonds is 2. The largest absolute Gasteiger partial charge is 1.00 e. The van der Waals surface area contributed by atoms with E-state index in [1.807, 2.05) is 13.0 Å². The second-order valence-electron chi connectivity index (χ2n) is 8.76. The van der Waals surface area contributed by atoms with Crippen LogP contribution in [0.3, 0.4) is 0 Å². The minimum atomic E-state index is -4.86. The van der Waals surface area contributed by atoms with Gasteiger partial charge < -0.3 is 4.55 Å². The molecular formula is C20H25NaO5S. The third-order valence-electron chi connectivity index (χ3n) is 7.90. The van der Waals surface area contributed by atoms with Gasteiger partial charge >= 0.3 is 29.6 Å². The quantitative estimate of drug-likeness (QED) is 0.282. The van der Waals surface area contributed by atoms with E-state index in [1.54, 1.807) is 0 Å². The van der Waals surface area contributed by atoms with E-state index < -0.39 is 21.4 Å². The summed E-state index contributed by atoms with van der Waals surface area (Å²) in [6.45, 7) is 2.02. The Morgan fingerprint density at radius 3 is 2.59 bits per heavy atom. The topological polar surface area (TPSA) is 83.5 Å². The van der Waals surface area contributed by atoms with Gasteiger partial charge in [0.1, 0.15) is 0 Å². The number of carbonyl (C=O) groups excluding carboxylic acids is 1. The van der Waals surface area contributed by atoms with E-state index >= 15 is 0 Å². The average molecular weight is 400 g/mol. The summed E-state index contributed by atoms with van der Waals surface area (Å²) in [5.74, 6) is 4.54. The number of allylic oxidation sites excluding steroid dienone is 1. The summed E-state index contributed by atoms with van der Waals surface area (Å²) < 4.78 is 39.1. The zero-order valence-corrected chi connectivity index (χ0v) is 18.9. The van der Waals surface area contributed by atoms with E-state index in [0.29, 0.717) is 30.6 Å². The second kappa shape index (κ2) is 7.27. The van der Waals surface area contributed by atoms with Gasteiger partial charge in [0.15, 0.2) is 11.4 Å². The Labute approximate surface area is 183 Å². The maximum absolute atomic E-state index is 11.8. The number of hydrogen-bond acceptors (Lipinski definition) is 5. The number of terminal acetylenes is 1. The van der Waals surface area contributed by atoms with Crippen LogP contribution in [-0.4, -0.2) is 24.4 Å². The Balaban J connectivity index is 0.00000210. The summed E-state index contributed by atoms with van der Waals surface area (Å²) in [5.41, 5.74) is -0.501. The maximum atomic E-state index is 11.8. The van der Waals surface area contributed by atoms with Gasteiger partial charge in [-0.1, -0.05) is 18.4 Å². The molecule has 142 valence electrons. The zero-order valence-electron chi connectivity index (χ0n) is 16.1. The van der Waals surface area contributed by atoms with Gasteiger partial charge in [0.2, 0.25) is 10.4 Å². The SMILES string of the molecule is C#C[C@]1(OS(=O)(=O)[O-])CC[C@H]2[C@@H]3CCC4=CC(=O)CC[C@@H]4[C@H]3CC[C@@]21C.[Na+]. The van der Waals surface area contributed by atoms with Crippen LogP contribution >= 0.6 is 0 Å². The molecule has 0 N–H and O–H groups in total. The van der Waals surface area contributed by atoms with E-state index in [4.69, 9.17) is 10.6 Å². The normalized spacial score (nSPS) is 43.4. The van der Waals surface area contributed by atoms with Crippen molar-refractivity contribution in [3.63, 3.8) is 0 Å². The van der Waals surface area contributed by atoms with Gasteiger partial charge in [-0.05, 0) is 74.7 Å². The molecule has 27 heavy (non-hydrogen) atoms. The first-order valence-electron chi connectivity index (χ1n) is 9.57. The van der Waals surface area contributed by atoms with Crippen molar-refractivity contribution >= 4 is 16.2 Å². The van der Waals surface area contributed by atoms with Crippen LogP contribution in [0.1, 0.15) is 58.3 Å². The molecule has 0 heterocycles. The smallest absolute Gasteiger partial charge is 0.725 e. The Morgan fingerprint density at radius 1 is 1.19 bits per heavy atom. The second-order valence-corrected chi connectivity index (χ2v) is 9.74. The number of fused-ring (bicyclic) bond motifs is 5. The summed E-state index contributed by atoms with van der Waals surface area (Å²) in [6, 6.07) is 0. The predicted molar refractivity (Wildman–Crippen MR) is 94.4 cm³/mol. The van der Waals surface area contributed by atoms with E-state index in [1.165, 1.54) is 5.57 Å². The van der Waals surface area contributed by atoms with Gasteiger partial charge in [-0.15, -0.1) is 6.42 Å². The van der Waals surface area contributed by atoms with Gasteiger partial charge in [-0.2, -0.15) is 0 Å². The molecule has 0 amide bonds. The molecule has 0 aromatic carbocycles. The zero-order chi connectivity index (χ0) is 18.7. The van der Waals surface area contributed by atoms with Crippen molar-refractivity contribution in [2.45, 2.75) is 63.9 Å². The van der Waals surface area contributed by atoms with Crippen molar-refractivity contribution in [3.05, 3.63) is 11.6 Å². The van der Waals surface area contributed by atoms with Gasteiger partial charge in [0.25, 0.3) is 0 Å². The van der Waals surface area contributed by atoms with Crippen molar-refractivity contribution in [3.8, 4) is 12.3 Å². The molecule has 5 nitrogen and oxygen atoms in total. The van der Waals surface area contributed by atoms with Crippen molar-refractivity contribution < 1.29 is 51.5 Å². The first kappa shape index (κ1) is 21.5. The van der Waals surface area contributed by atoms with Gasteiger partial charge in [0, 0.05) is 11.8 Å². The molecule has 3 saturated carbocycles. The summed E-state index contributed by atoms with van der Waals surface area (Å²) in [4.78, 5) is 11.8. The fraction of sp³-hybridized carbons (Fsp3) is 0.750. The molecule has 0 aromatic heterocycles. The fourth-order valence-corrected chi connectivity index (χ4v) is 7.42. The van der Waals surface area contributed by atoms with Crippen molar-refractivity contribution in [2.24, 2.45) is 29.1 Å². The van der Waals surface area contributed by atoms with Crippen molar-refractivity contribution in [1.29, 1.82) is 0 Å². The number of hydrogen-bond donors (Lipinski definition) is 0. The van der Waals surface area contributed by atoms with Crippen LogP contribution in [0.4, 0.5) is 0 Å². The fourth-order valence-electron chi connectivity index (χ4n) is 6.75. The predicted octanol–water partition coefficient (Wildman–Crippen LogP) is -0.0190.